The molecule has 0 bridgehead atoms. The number of rotatable bonds is 0. The van der Waals surface area contributed by atoms with Crippen LogP contribution in [-0.2, 0) is 0 Å². The summed E-state index contributed by atoms with van der Waals surface area (Å²) in [5.74, 6) is 0. The molecule has 0 aliphatic heterocycles. The number of aromatic amines is 2. The van der Waals surface area contributed by atoms with Crippen LogP contribution in [0.1, 0.15) is 13.8 Å². The number of fused-ring (bicyclic) bond motifs is 1. The highest BCUT2D eigenvalue weighted by Gasteiger charge is 2.11. The molecule has 1 aliphatic carbocycles. The first-order chi connectivity index (χ1) is 6.98. The maximum Gasteiger partial charge on any atom is 0.326 e. The van der Waals surface area contributed by atoms with Crippen molar-refractivity contribution in [1.82, 2.24) is 9.97 Å². The second-order valence-electron chi connectivity index (χ2n) is 4.23. The molecule has 0 fully saturated rings. The van der Waals surface area contributed by atoms with Crippen LogP contribution in [0.3, 0.4) is 0 Å². The van der Waals surface area contributed by atoms with Gasteiger partial charge in [-0.25, -0.2) is 4.79 Å². The lowest BCUT2D eigenvalue weighted by molar-refractivity contribution is 0.668. The molecular formula is C11H12N2O2. The van der Waals surface area contributed by atoms with Crippen molar-refractivity contribution in [3.8, 4) is 0 Å². The van der Waals surface area contributed by atoms with Crippen LogP contribution < -0.4 is 21.8 Å². The van der Waals surface area contributed by atoms with E-state index in [1.807, 2.05) is 32.1 Å². The molecule has 0 unspecified atom stereocenters. The normalized spacial score (nSPS) is 17.2. The van der Waals surface area contributed by atoms with Crippen LogP contribution in [0.25, 0.3) is 12.2 Å². The van der Waals surface area contributed by atoms with E-state index in [0.29, 0.717) is 10.6 Å². The summed E-state index contributed by atoms with van der Waals surface area (Å²) < 4.78 is 0. The Balaban J connectivity index is 2.98. The fourth-order valence-corrected chi connectivity index (χ4v) is 1.61. The quantitative estimate of drug-likeness (QED) is 0.582. The minimum atomic E-state index is -0.471. The highest BCUT2D eigenvalue weighted by atomic mass is 16.2. The molecule has 4 heteroatoms. The minimum absolute atomic E-state index is 0.168. The molecule has 0 atom stereocenters. The Labute approximate surface area is 85.7 Å². The van der Waals surface area contributed by atoms with E-state index in [0.717, 1.165) is 0 Å². The molecule has 2 rings (SSSR count). The van der Waals surface area contributed by atoms with Crippen LogP contribution in [0, 0.1) is 5.41 Å². The Hall–Kier alpha value is -1.84. The molecule has 78 valence electrons. The number of nitrogens with one attached hydrogen (secondary N) is 2. The first-order valence-corrected chi connectivity index (χ1v) is 4.73. The molecule has 1 aromatic rings. The highest BCUT2D eigenvalue weighted by molar-refractivity contribution is 5.46. The van der Waals surface area contributed by atoms with Crippen molar-refractivity contribution in [2.75, 3.05) is 0 Å². The van der Waals surface area contributed by atoms with E-state index in [-0.39, 0.29) is 11.0 Å². The third-order valence-corrected chi connectivity index (χ3v) is 2.32. The Kier molecular flexibility index (Phi) is 2.00. The van der Waals surface area contributed by atoms with E-state index in [1.165, 1.54) is 0 Å². The second kappa shape index (κ2) is 3.08. The van der Waals surface area contributed by atoms with E-state index in [9.17, 15) is 9.59 Å². The SMILES string of the molecule is CC1(C)C=CC=c2c(=O)[nH]c(=O)[nH]c2=C1. The van der Waals surface area contributed by atoms with Gasteiger partial charge in [-0.3, -0.25) is 9.78 Å². The van der Waals surface area contributed by atoms with Gasteiger partial charge >= 0.3 is 5.69 Å². The summed E-state index contributed by atoms with van der Waals surface area (Å²) in [7, 11) is 0. The molecule has 1 aliphatic rings. The third-order valence-electron chi connectivity index (χ3n) is 2.32. The molecule has 1 heterocycles. The summed E-state index contributed by atoms with van der Waals surface area (Å²) in [6.45, 7) is 4.01. The number of hydrogen-bond donors (Lipinski definition) is 2. The molecule has 0 aromatic carbocycles. The predicted molar refractivity (Wildman–Crippen MR) is 58.8 cm³/mol. The van der Waals surface area contributed by atoms with Gasteiger partial charge in [0.1, 0.15) is 0 Å². The zero-order valence-electron chi connectivity index (χ0n) is 8.63. The van der Waals surface area contributed by atoms with E-state index < -0.39 is 5.69 Å². The van der Waals surface area contributed by atoms with Crippen molar-refractivity contribution in [3.63, 3.8) is 0 Å². The standard InChI is InChI=1S/C11H12N2O2/c1-11(2)5-3-4-7-8(6-11)12-10(15)13-9(7)14/h3-6H,1-2H3,(H2,12,13,14,15). The molecular weight excluding hydrogens is 192 g/mol. The fourth-order valence-electron chi connectivity index (χ4n) is 1.61. The number of aromatic nitrogens is 2. The van der Waals surface area contributed by atoms with Gasteiger partial charge in [0.15, 0.2) is 0 Å². The molecule has 1 aromatic heterocycles. The van der Waals surface area contributed by atoms with E-state index in [2.05, 4.69) is 9.97 Å². The number of hydrogen-bond acceptors (Lipinski definition) is 2. The molecule has 0 saturated carbocycles. The van der Waals surface area contributed by atoms with E-state index in [1.54, 1.807) is 6.08 Å². The van der Waals surface area contributed by atoms with Crippen LogP contribution in [0.4, 0.5) is 0 Å². The van der Waals surface area contributed by atoms with Gasteiger partial charge in [-0.15, -0.1) is 0 Å². The van der Waals surface area contributed by atoms with Crippen LogP contribution in [0.2, 0.25) is 0 Å². The van der Waals surface area contributed by atoms with Gasteiger partial charge in [-0.2, -0.15) is 0 Å². The summed E-state index contributed by atoms with van der Waals surface area (Å²) in [4.78, 5) is 27.4. The Morgan fingerprint density at radius 2 is 1.93 bits per heavy atom. The van der Waals surface area contributed by atoms with Crippen molar-refractivity contribution in [1.29, 1.82) is 0 Å². The summed E-state index contributed by atoms with van der Waals surface area (Å²) >= 11 is 0. The van der Waals surface area contributed by atoms with Gasteiger partial charge in [-0.05, 0) is 6.08 Å². The molecule has 4 nitrogen and oxygen atoms in total. The lowest BCUT2D eigenvalue weighted by Crippen LogP contribution is -2.48. The van der Waals surface area contributed by atoms with E-state index >= 15 is 0 Å². The average molecular weight is 204 g/mol. The van der Waals surface area contributed by atoms with Crippen molar-refractivity contribution in [3.05, 3.63) is 43.6 Å². The van der Waals surface area contributed by atoms with Crippen molar-refractivity contribution < 1.29 is 0 Å². The molecule has 0 radical (unpaired) electrons. The zero-order chi connectivity index (χ0) is 11.1. The smallest absolute Gasteiger partial charge is 0.307 e. The minimum Gasteiger partial charge on any atom is -0.307 e. The Morgan fingerprint density at radius 3 is 2.67 bits per heavy atom. The number of allylic oxidation sites excluding steroid dienone is 2. The van der Waals surface area contributed by atoms with Crippen molar-refractivity contribution in [2.24, 2.45) is 5.41 Å². The maximum atomic E-state index is 11.5. The lowest BCUT2D eigenvalue weighted by Gasteiger charge is -2.12. The largest absolute Gasteiger partial charge is 0.326 e. The first kappa shape index (κ1) is 9.71. The summed E-state index contributed by atoms with van der Waals surface area (Å²) in [5, 5.41) is 1.08. The monoisotopic (exact) mass is 204 g/mol. The van der Waals surface area contributed by atoms with Gasteiger partial charge in [0.05, 0.1) is 10.6 Å². The van der Waals surface area contributed by atoms with Gasteiger partial charge in [0, 0.05) is 5.41 Å². The van der Waals surface area contributed by atoms with Crippen LogP contribution in [0.15, 0.2) is 21.7 Å². The van der Waals surface area contributed by atoms with Gasteiger partial charge in [-0.1, -0.05) is 32.1 Å². The summed E-state index contributed by atoms with van der Waals surface area (Å²) in [6.07, 6.45) is 7.38. The van der Waals surface area contributed by atoms with Crippen LogP contribution >= 0.6 is 0 Å². The van der Waals surface area contributed by atoms with E-state index in [4.69, 9.17) is 0 Å². The molecule has 0 amide bonds. The maximum absolute atomic E-state index is 11.5. The van der Waals surface area contributed by atoms with Crippen LogP contribution in [0.5, 0.6) is 0 Å². The fraction of sp³-hybridized carbons (Fsp3) is 0.273. The second-order valence-corrected chi connectivity index (χ2v) is 4.23. The predicted octanol–water partition coefficient (Wildman–Crippen LogP) is -0.780. The van der Waals surface area contributed by atoms with Crippen molar-refractivity contribution >= 4 is 12.2 Å². The van der Waals surface area contributed by atoms with Crippen molar-refractivity contribution in [2.45, 2.75) is 13.8 Å². The molecule has 2 N–H and O–H groups in total. The molecule has 0 saturated heterocycles. The first-order valence-electron chi connectivity index (χ1n) is 4.73. The lowest BCUT2D eigenvalue weighted by atomic mass is 9.93. The summed E-state index contributed by atoms with van der Waals surface area (Å²) in [5.41, 5.74) is -0.994. The Morgan fingerprint density at radius 1 is 1.20 bits per heavy atom. The molecule has 0 spiro atoms. The van der Waals surface area contributed by atoms with Gasteiger partial charge < -0.3 is 4.98 Å². The van der Waals surface area contributed by atoms with Gasteiger partial charge in [0.2, 0.25) is 0 Å². The average Bonchev–Trinajstić information content (AvgIpc) is 2.21. The molecule has 15 heavy (non-hydrogen) atoms. The number of H-pyrrole nitrogens is 2. The Bertz CT molecular complexity index is 644. The summed E-state index contributed by atoms with van der Waals surface area (Å²) in [6, 6.07) is 0. The highest BCUT2D eigenvalue weighted by Crippen LogP contribution is 2.18. The third kappa shape index (κ3) is 1.83. The zero-order valence-corrected chi connectivity index (χ0v) is 8.63. The van der Waals surface area contributed by atoms with Gasteiger partial charge in [0.25, 0.3) is 5.56 Å². The topological polar surface area (TPSA) is 65.7 Å². The van der Waals surface area contributed by atoms with Crippen LogP contribution in [-0.4, -0.2) is 9.97 Å².